The van der Waals surface area contributed by atoms with Crippen LogP contribution in [-0.4, -0.2) is 19.1 Å². The van der Waals surface area contributed by atoms with Crippen LogP contribution < -0.4 is 4.90 Å². The Morgan fingerprint density at radius 1 is 0.900 bits per heavy atom. The summed E-state index contributed by atoms with van der Waals surface area (Å²) in [6, 6.07) is 19.5. The molecule has 0 saturated carbocycles. The molecule has 0 spiro atoms. The molecule has 1 aromatic heterocycles. The zero-order chi connectivity index (χ0) is 13.9. The van der Waals surface area contributed by atoms with Crippen LogP contribution in [0.15, 0.2) is 54.6 Å². The number of nitrogens with zero attached hydrogens (tertiary/aromatic N) is 1. The molecule has 0 radical (unpaired) electrons. The van der Waals surface area contributed by atoms with E-state index in [2.05, 4.69) is 78.6 Å². The molecule has 1 N–H and O–H groups in total. The Morgan fingerprint density at radius 2 is 1.65 bits per heavy atom. The first kappa shape index (κ1) is 12.8. The van der Waals surface area contributed by atoms with Crippen molar-refractivity contribution in [1.82, 2.24) is 4.98 Å². The molecule has 0 aliphatic heterocycles. The molecule has 0 amide bonds. The van der Waals surface area contributed by atoms with Crippen LogP contribution >= 0.6 is 0 Å². The number of anilines is 1. The Morgan fingerprint density at radius 3 is 2.35 bits per heavy atom. The summed E-state index contributed by atoms with van der Waals surface area (Å²) in [6.07, 6.45) is 2.12. The molecule has 102 valence electrons. The van der Waals surface area contributed by atoms with Crippen molar-refractivity contribution in [3.63, 3.8) is 0 Å². The van der Waals surface area contributed by atoms with E-state index in [0.29, 0.717) is 0 Å². The van der Waals surface area contributed by atoms with E-state index < -0.39 is 0 Å². The fourth-order valence-electron chi connectivity index (χ4n) is 2.51. The molecule has 0 fully saturated rings. The quantitative estimate of drug-likeness (QED) is 0.754. The number of hydrogen-bond donors (Lipinski definition) is 1. The molecular formula is C18H20N2. The number of aromatic nitrogens is 1. The standard InChI is InChI=1S/C18H20N2/c1-20(2)17-11-8-14(9-12-17)7-10-16-13-15-5-3-4-6-18(15)19-16/h3-6,8-9,11-13,19H,7,10H2,1-2H3. The van der Waals surface area contributed by atoms with E-state index in [1.807, 2.05) is 0 Å². The van der Waals surface area contributed by atoms with Crippen molar-refractivity contribution in [1.29, 1.82) is 0 Å². The fourth-order valence-corrected chi connectivity index (χ4v) is 2.51. The van der Waals surface area contributed by atoms with Crippen LogP contribution in [0, 0.1) is 0 Å². The minimum atomic E-state index is 1.05. The van der Waals surface area contributed by atoms with Crippen molar-refractivity contribution in [3.8, 4) is 0 Å². The number of para-hydroxylation sites is 1. The summed E-state index contributed by atoms with van der Waals surface area (Å²) in [7, 11) is 4.14. The van der Waals surface area contributed by atoms with Gasteiger partial charge in [-0.1, -0.05) is 30.3 Å². The number of aromatic amines is 1. The number of aryl methyl sites for hydroxylation is 2. The molecule has 1 heterocycles. The van der Waals surface area contributed by atoms with Crippen LogP contribution in [0.25, 0.3) is 10.9 Å². The highest BCUT2D eigenvalue weighted by atomic mass is 15.1. The van der Waals surface area contributed by atoms with Gasteiger partial charge >= 0.3 is 0 Å². The summed E-state index contributed by atoms with van der Waals surface area (Å²) in [4.78, 5) is 5.61. The molecule has 2 heteroatoms. The highest BCUT2D eigenvalue weighted by molar-refractivity contribution is 5.80. The van der Waals surface area contributed by atoms with Gasteiger partial charge in [0.05, 0.1) is 0 Å². The van der Waals surface area contributed by atoms with Gasteiger partial charge in [-0.15, -0.1) is 0 Å². The van der Waals surface area contributed by atoms with E-state index in [1.54, 1.807) is 0 Å². The fraction of sp³-hybridized carbons (Fsp3) is 0.222. The van der Waals surface area contributed by atoms with Gasteiger partial charge in [0.1, 0.15) is 0 Å². The van der Waals surface area contributed by atoms with Crippen LogP contribution in [-0.2, 0) is 12.8 Å². The summed E-state index contributed by atoms with van der Waals surface area (Å²) >= 11 is 0. The van der Waals surface area contributed by atoms with Gasteiger partial charge in [0, 0.05) is 31.0 Å². The number of fused-ring (bicyclic) bond motifs is 1. The van der Waals surface area contributed by atoms with Gasteiger partial charge in [-0.25, -0.2) is 0 Å². The van der Waals surface area contributed by atoms with Crippen molar-refractivity contribution in [3.05, 3.63) is 65.9 Å². The SMILES string of the molecule is CN(C)c1ccc(CCc2cc3ccccc3[nH]2)cc1. The van der Waals surface area contributed by atoms with E-state index in [0.717, 1.165) is 12.8 Å². The number of hydrogen-bond acceptors (Lipinski definition) is 1. The molecule has 2 nitrogen and oxygen atoms in total. The number of rotatable bonds is 4. The second kappa shape index (κ2) is 5.41. The second-order valence-electron chi connectivity index (χ2n) is 5.44. The molecule has 20 heavy (non-hydrogen) atoms. The molecule has 0 bridgehead atoms. The van der Waals surface area contributed by atoms with Gasteiger partial charge in [0.25, 0.3) is 0 Å². The Hall–Kier alpha value is -2.22. The Bertz CT molecular complexity index is 660. The molecule has 0 saturated heterocycles. The van der Waals surface area contributed by atoms with Crippen molar-refractivity contribution in [2.24, 2.45) is 0 Å². The monoisotopic (exact) mass is 264 g/mol. The Balaban J connectivity index is 1.69. The number of nitrogens with one attached hydrogen (secondary N) is 1. The van der Waals surface area contributed by atoms with Crippen molar-refractivity contribution in [2.75, 3.05) is 19.0 Å². The Labute approximate surface area is 120 Å². The van der Waals surface area contributed by atoms with Crippen molar-refractivity contribution in [2.45, 2.75) is 12.8 Å². The van der Waals surface area contributed by atoms with E-state index in [-0.39, 0.29) is 0 Å². The van der Waals surface area contributed by atoms with Gasteiger partial charge in [-0.2, -0.15) is 0 Å². The molecule has 0 aliphatic carbocycles. The van der Waals surface area contributed by atoms with Crippen LogP contribution in [0.3, 0.4) is 0 Å². The zero-order valence-corrected chi connectivity index (χ0v) is 12.1. The Kier molecular flexibility index (Phi) is 3.46. The molecule has 3 rings (SSSR count). The molecular weight excluding hydrogens is 244 g/mol. The molecule has 0 unspecified atom stereocenters. The lowest BCUT2D eigenvalue weighted by Gasteiger charge is -2.12. The van der Waals surface area contributed by atoms with Gasteiger partial charge < -0.3 is 9.88 Å². The van der Waals surface area contributed by atoms with E-state index in [9.17, 15) is 0 Å². The maximum atomic E-state index is 3.49. The third kappa shape index (κ3) is 2.69. The summed E-state index contributed by atoms with van der Waals surface area (Å²) in [5, 5.41) is 1.30. The van der Waals surface area contributed by atoms with Gasteiger partial charge in [-0.05, 0) is 48.1 Å². The average Bonchev–Trinajstić information content (AvgIpc) is 2.88. The normalized spacial score (nSPS) is 10.9. The smallest absolute Gasteiger partial charge is 0.0456 e. The van der Waals surface area contributed by atoms with Crippen LogP contribution in [0.2, 0.25) is 0 Å². The van der Waals surface area contributed by atoms with Gasteiger partial charge in [0.2, 0.25) is 0 Å². The summed E-state index contributed by atoms with van der Waals surface area (Å²) in [6.45, 7) is 0. The predicted molar refractivity (Wildman–Crippen MR) is 86.5 cm³/mol. The minimum absolute atomic E-state index is 1.05. The predicted octanol–water partition coefficient (Wildman–Crippen LogP) is 4.02. The van der Waals surface area contributed by atoms with Gasteiger partial charge in [-0.3, -0.25) is 0 Å². The number of benzene rings is 2. The van der Waals surface area contributed by atoms with Crippen molar-refractivity contribution >= 4 is 16.6 Å². The van der Waals surface area contributed by atoms with Crippen LogP contribution in [0.1, 0.15) is 11.3 Å². The largest absolute Gasteiger partial charge is 0.378 e. The zero-order valence-electron chi connectivity index (χ0n) is 12.1. The minimum Gasteiger partial charge on any atom is -0.378 e. The third-order valence-corrected chi connectivity index (χ3v) is 3.72. The highest BCUT2D eigenvalue weighted by Gasteiger charge is 2.01. The van der Waals surface area contributed by atoms with Gasteiger partial charge in [0.15, 0.2) is 0 Å². The van der Waals surface area contributed by atoms with Crippen LogP contribution in [0.5, 0.6) is 0 Å². The highest BCUT2D eigenvalue weighted by Crippen LogP contribution is 2.17. The lowest BCUT2D eigenvalue weighted by molar-refractivity contribution is 0.929. The number of H-pyrrole nitrogens is 1. The summed E-state index contributed by atoms with van der Waals surface area (Å²) in [5.74, 6) is 0. The second-order valence-corrected chi connectivity index (χ2v) is 5.44. The maximum Gasteiger partial charge on any atom is 0.0456 e. The maximum absolute atomic E-state index is 3.49. The van der Waals surface area contributed by atoms with E-state index >= 15 is 0 Å². The molecule has 2 aromatic carbocycles. The van der Waals surface area contributed by atoms with Crippen molar-refractivity contribution < 1.29 is 0 Å². The third-order valence-electron chi connectivity index (χ3n) is 3.72. The molecule has 0 atom stereocenters. The first-order valence-electron chi connectivity index (χ1n) is 7.05. The first-order valence-corrected chi connectivity index (χ1v) is 7.05. The van der Waals surface area contributed by atoms with E-state index in [4.69, 9.17) is 0 Å². The lowest BCUT2D eigenvalue weighted by Crippen LogP contribution is -2.08. The molecule has 3 aromatic rings. The van der Waals surface area contributed by atoms with Crippen LogP contribution in [0.4, 0.5) is 5.69 Å². The van der Waals surface area contributed by atoms with E-state index in [1.165, 1.54) is 27.8 Å². The lowest BCUT2D eigenvalue weighted by atomic mass is 10.1. The molecule has 0 aliphatic rings. The first-order chi connectivity index (χ1) is 9.72. The average molecular weight is 264 g/mol. The summed E-state index contributed by atoms with van der Waals surface area (Å²) in [5.41, 5.74) is 5.17. The summed E-state index contributed by atoms with van der Waals surface area (Å²) < 4.78 is 0. The topological polar surface area (TPSA) is 19.0 Å².